The summed E-state index contributed by atoms with van der Waals surface area (Å²) in [4.78, 5) is 12.2. The van der Waals surface area contributed by atoms with Gasteiger partial charge in [-0.25, -0.2) is 8.42 Å². The number of carbonyl (C=O) groups is 1. The van der Waals surface area contributed by atoms with Crippen LogP contribution in [0.25, 0.3) is 11.1 Å². The topological polar surface area (TPSA) is 75.7 Å². The lowest BCUT2D eigenvalue weighted by atomic mass is 10.0. The number of nitrogens with one attached hydrogen (secondary N) is 1. The molecule has 0 unspecified atom stereocenters. The first kappa shape index (κ1) is 21.5. The zero-order chi connectivity index (χ0) is 20.9. The highest BCUT2D eigenvalue weighted by Crippen LogP contribution is 2.19. The van der Waals surface area contributed by atoms with Crippen LogP contribution in [0, 0.1) is 0 Å². The van der Waals surface area contributed by atoms with Gasteiger partial charge in [-0.15, -0.1) is 0 Å². The van der Waals surface area contributed by atoms with E-state index in [2.05, 4.69) is 5.32 Å². The normalized spacial score (nSPS) is 20.3. The van der Waals surface area contributed by atoms with E-state index in [1.165, 1.54) is 4.31 Å². The standard InChI is InChI=1S/C22H28N2O4S/c1-17-15-24(16-18(2)28-17)29(26,27)13-12-23-22(25)14-19-8-10-21(11-9-19)20-6-4-3-5-7-20/h3-11,17-18H,12-16H2,1-2H3,(H,23,25)/t17-,18-/m0/s1. The number of amides is 1. The number of sulfonamides is 1. The minimum atomic E-state index is -3.42. The Morgan fingerprint density at radius 2 is 1.59 bits per heavy atom. The third-order valence-electron chi connectivity index (χ3n) is 4.89. The molecule has 2 aromatic carbocycles. The maximum Gasteiger partial charge on any atom is 0.224 e. The SMILES string of the molecule is C[C@H]1CN(S(=O)(=O)CCNC(=O)Cc2ccc(-c3ccccc3)cc2)C[C@H](C)O1. The van der Waals surface area contributed by atoms with Crippen molar-refractivity contribution in [1.29, 1.82) is 0 Å². The molecule has 1 amide bonds. The molecule has 1 fully saturated rings. The Morgan fingerprint density at radius 1 is 1.00 bits per heavy atom. The molecule has 156 valence electrons. The quantitative estimate of drug-likeness (QED) is 0.752. The highest BCUT2D eigenvalue weighted by Gasteiger charge is 2.30. The van der Waals surface area contributed by atoms with E-state index in [4.69, 9.17) is 4.74 Å². The van der Waals surface area contributed by atoms with Gasteiger partial charge < -0.3 is 10.1 Å². The second-order valence-corrected chi connectivity index (χ2v) is 9.57. The lowest BCUT2D eigenvalue weighted by molar-refractivity contribution is -0.120. The maximum atomic E-state index is 12.5. The molecular formula is C22H28N2O4S. The van der Waals surface area contributed by atoms with E-state index in [9.17, 15) is 13.2 Å². The van der Waals surface area contributed by atoms with Crippen LogP contribution < -0.4 is 5.32 Å². The van der Waals surface area contributed by atoms with E-state index in [1.807, 2.05) is 68.4 Å². The molecule has 29 heavy (non-hydrogen) atoms. The van der Waals surface area contributed by atoms with Gasteiger partial charge in [-0.1, -0.05) is 54.6 Å². The van der Waals surface area contributed by atoms with E-state index in [-0.39, 0.29) is 36.8 Å². The predicted octanol–water partition coefficient (Wildman–Crippen LogP) is 2.45. The van der Waals surface area contributed by atoms with Crippen LogP contribution in [-0.2, 0) is 26.0 Å². The summed E-state index contributed by atoms with van der Waals surface area (Å²) >= 11 is 0. The van der Waals surface area contributed by atoms with E-state index in [0.29, 0.717) is 13.1 Å². The van der Waals surface area contributed by atoms with Crippen molar-refractivity contribution in [2.45, 2.75) is 32.5 Å². The van der Waals surface area contributed by atoms with Crippen LogP contribution in [0.5, 0.6) is 0 Å². The van der Waals surface area contributed by atoms with Gasteiger partial charge >= 0.3 is 0 Å². The molecule has 0 aromatic heterocycles. The molecule has 2 aromatic rings. The molecular weight excluding hydrogens is 388 g/mol. The first-order valence-corrected chi connectivity index (χ1v) is 11.5. The van der Waals surface area contributed by atoms with Crippen molar-refractivity contribution in [3.05, 3.63) is 60.2 Å². The van der Waals surface area contributed by atoms with Crippen LogP contribution in [0.15, 0.2) is 54.6 Å². The summed E-state index contributed by atoms with van der Waals surface area (Å²) in [7, 11) is -3.42. The zero-order valence-electron chi connectivity index (χ0n) is 16.9. The van der Waals surface area contributed by atoms with Gasteiger partial charge in [0, 0.05) is 19.6 Å². The fourth-order valence-corrected chi connectivity index (χ4v) is 4.99. The summed E-state index contributed by atoms with van der Waals surface area (Å²) < 4.78 is 32.1. The third kappa shape index (κ3) is 6.13. The Kier molecular flexibility index (Phi) is 7.05. The van der Waals surface area contributed by atoms with Crippen LogP contribution in [0.3, 0.4) is 0 Å². The number of carbonyl (C=O) groups excluding carboxylic acids is 1. The molecule has 1 saturated heterocycles. The molecule has 0 spiro atoms. The van der Waals surface area contributed by atoms with Gasteiger partial charge in [0.1, 0.15) is 0 Å². The first-order chi connectivity index (χ1) is 13.8. The molecule has 1 aliphatic heterocycles. The maximum absolute atomic E-state index is 12.5. The van der Waals surface area contributed by atoms with E-state index >= 15 is 0 Å². The van der Waals surface area contributed by atoms with Crippen molar-refractivity contribution in [3.63, 3.8) is 0 Å². The molecule has 0 aliphatic carbocycles. The van der Waals surface area contributed by atoms with Crippen molar-refractivity contribution in [2.24, 2.45) is 0 Å². The van der Waals surface area contributed by atoms with Crippen molar-refractivity contribution < 1.29 is 17.9 Å². The number of nitrogens with zero attached hydrogens (tertiary/aromatic N) is 1. The average Bonchev–Trinajstić information content (AvgIpc) is 2.68. The van der Waals surface area contributed by atoms with Gasteiger partial charge in [-0.3, -0.25) is 4.79 Å². The van der Waals surface area contributed by atoms with Crippen LogP contribution in [0.2, 0.25) is 0 Å². The van der Waals surface area contributed by atoms with Gasteiger partial charge in [-0.05, 0) is 30.5 Å². The van der Waals surface area contributed by atoms with Crippen molar-refractivity contribution in [1.82, 2.24) is 9.62 Å². The minimum Gasteiger partial charge on any atom is -0.373 e. The summed E-state index contributed by atoms with van der Waals surface area (Å²) in [5, 5.41) is 2.72. The molecule has 0 radical (unpaired) electrons. The van der Waals surface area contributed by atoms with E-state index < -0.39 is 10.0 Å². The first-order valence-electron chi connectivity index (χ1n) is 9.88. The summed E-state index contributed by atoms with van der Waals surface area (Å²) in [6, 6.07) is 17.9. The zero-order valence-corrected chi connectivity index (χ0v) is 17.7. The fraction of sp³-hybridized carbons (Fsp3) is 0.409. The molecule has 0 bridgehead atoms. The number of benzene rings is 2. The van der Waals surface area contributed by atoms with Crippen molar-refractivity contribution >= 4 is 15.9 Å². The Balaban J connectivity index is 1.47. The smallest absolute Gasteiger partial charge is 0.224 e. The molecule has 6 nitrogen and oxygen atoms in total. The summed E-state index contributed by atoms with van der Waals surface area (Å²) in [5.41, 5.74) is 3.11. The van der Waals surface area contributed by atoms with E-state index in [0.717, 1.165) is 16.7 Å². The van der Waals surface area contributed by atoms with Crippen LogP contribution in [0.1, 0.15) is 19.4 Å². The lowest BCUT2D eigenvalue weighted by Crippen LogP contribution is -2.49. The van der Waals surface area contributed by atoms with Crippen LogP contribution in [0.4, 0.5) is 0 Å². The second-order valence-electron chi connectivity index (χ2n) is 7.48. The highest BCUT2D eigenvalue weighted by atomic mass is 32.2. The predicted molar refractivity (Wildman–Crippen MR) is 114 cm³/mol. The molecule has 7 heteroatoms. The monoisotopic (exact) mass is 416 g/mol. The Labute approximate surface area is 172 Å². The van der Waals surface area contributed by atoms with E-state index in [1.54, 1.807) is 0 Å². The van der Waals surface area contributed by atoms with Gasteiger partial charge in [0.2, 0.25) is 15.9 Å². The summed E-state index contributed by atoms with van der Waals surface area (Å²) in [6.07, 6.45) is -0.0234. The second kappa shape index (κ2) is 9.52. The van der Waals surface area contributed by atoms with Crippen LogP contribution in [-0.4, -0.2) is 56.2 Å². The molecule has 0 saturated carbocycles. The Hall–Kier alpha value is -2.22. The largest absolute Gasteiger partial charge is 0.373 e. The fourth-order valence-electron chi connectivity index (χ4n) is 3.50. The van der Waals surface area contributed by atoms with Gasteiger partial charge in [0.05, 0.1) is 24.4 Å². The third-order valence-corrected chi connectivity index (χ3v) is 6.69. The number of rotatable bonds is 7. The van der Waals surface area contributed by atoms with Gasteiger partial charge in [0.15, 0.2) is 0 Å². The Morgan fingerprint density at radius 3 is 2.21 bits per heavy atom. The van der Waals surface area contributed by atoms with Gasteiger partial charge in [-0.2, -0.15) is 4.31 Å². The number of ether oxygens (including phenoxy) is 1. The highest BCUT2D eigenvalue weighted by molar-refractivity contribution is 7.89. The number of hydrogen-bond donors (Lipinski definition) is 1. The number of hydrogen-bond acceptors (Lipinski definition) is 4. The Bertz CT molecular complexity index is 904. The lowest BCUT2D eigenvalue weighted by Gasteiger charge is -2.34. The average molecular weight is 417 g/mol. The summed E-state index contributed by atoms with van der Waals surface area (Å²) in [5.74, 6) is -0.290. The molecule has 1 heterocycles. The molecule has 3 rings (SSSR count). The van der Waals surface area contributed by atoms with Crippen molar-refractivity contribution in [2.75, 3.05) is 25.4 Å². The number of morpholine rings is 1. The van der Waals surface area contributed by atoms with Crippen molar-refractivity contribution in [3.8, 4) is 11.1 Å². The molecule has 2 atom stereocenters. The van der Waals surface area contributed by atoms with Gasteiger partial charge in [0.25, 0.3) is 0 Å². The molecule has 1 N–H and O–H groups in total. The molecule has 1 aliphatic rings. The minimum absolute atomic E-state index is 0.101. The summed E-state index contributed by atoms with van der Waals surface area (Å²) in [6.45, 7) is 4.54. The van der Waals surface area contributed by atoms with Crippen LogP contribution >= 0.6 is 0 Å².